The average Bonchev–Trinajstić information content (AvgIpc) is 3.11. The molecule has 5 rings (SSSR count). The minimum Gasteiger partial charge on any atom is -0.370 e. The highest BCUT2D eigenvalue weighted by atomic mass is 35.5. The van der Waals surface area contributed by atoms with Crippen molar-refractivity contribution in [2.24, 2.45) is 11.8 Å². The summed E-state index contributed by atoms with van der Waals surface area (Å²) < 4.78 is 0. The molecule has 4 atom stereocenters. The van der Waals surface area contributed by atoms with Gasteiger partial charge in [-0.05, 0) is 36.3 Å². The van der Waals surface area contributed by atoms with Gasteiger partial charge in [-0.15, -0.1) is 0 Å². The first-order chi connectivity index (χ1) is 10.2. The van der Waals surface area contributed by atoms with Crippen LogP contribution in [0, 0.1) is 11.8 Å². The third-order valence-corrected chi connectivity index (χ3v) is 6.56. The van der Waals surface area contributed by atoms with Gasteiger partial charge in [-0.2, -0.15) is 0 Å². The standard InChI is InChI=1S/C18H17Cl2N/c19-15-7-14-12-5-1-3-10(12)8-21-9-11-4-2-6-13(11)16(17(15)20)18(14)21/h1-2,5-7,10-13H,3-4,8-9H2/t10-,11-,12+,13-/m1/s1. The van der Waals surface area contributed by atoms with Crippen molar-refractivity contribution >= 4 is 28.9 Å². The largest absolute Gasteiger partial charge is 0.370 e. The van der Waals surface area contributed by atoms with Gasteiger partial charge in [0.2, 0.25) is 0 Å². The van der Waals surface area contributed by atoms with Crippen LogP contribution in [0.2, 0.25) is 10.0 Å². The summed E-state index contributed by atoms with van der Waals surface area (Å²) in [6.45, 7) is 2.33. The molecule has 0 aromatic heterocycles. The van der Waals surface area contributed by atoms with E-state index in [-0.39, 0.29) is 0 Å². The summed E-state index contributed by atoms with van der Waals surface area (Å²) in [7, 11) is 0. The highest BCUT2D eigenvalue weighted by Gasteiger charge is 2.43. The maximum Gasteiger partial charge on any atom is 0.0651 e. The molecule has 3 heteroatoms. The molecule has 0 fully saturated rings. The normalized spacial score (nSPS) is 34.9. The van der Waals surface area contributed by atoms with Gasteiger partial charge in [0.15, 0.2) is 0 Å². The van der Waals surface area contributed by atoms with E-state index in [0.717, 1.165) is 10.0 Å². The Morgan fingerprint density at radius 1 is 0.952 bits per heavy atom. The van der Waals surface area contributed by atoms with Gasteiger partial charge in [0.25, 0.3) is 0 Å². The van der Waals surface area contributed by atoms with E-state index in [1.54, 1.807) is 0 Å². The summed E-state index contributed by atoms with van der Waals surface area (Å²) in [5.74, 6) is 2.38. The van der Waals surface area contributed by atoms with Gasteiger partial charge < -0.3 is 4.90 Å². The van der Waals surface area contributed by atoms with Gasteiger partial charge in [-0.25, -0.2) is 0 Å². The summed E-state index contributed by atoms with van der Waals surface area (Å²) in [6, 6.07) is 2.13. The lowest BCUT2D eigenvalue weighted by Gasteiger charge is -2.46. The molecule has 0 amide bonds. The van der Waals surface area contributed by atoms with Crippen LogP contribution in [0.3, 0.4) is 0 Å². The van der Waals surface area contributed by atoms with Gasteiger partial charge in [-0.1, -0.05) is 47.5 Å². The Bertz CT molecular complexity index is 689. The molecule has 2 aliphatic heterocycles. The summed E-state index contributed by atoms with van der Waals surface area (Å²) in [5, 5.41) is 1.51. The molecule has 0 saturated carbocycles. The fraction of sp³-hybridized carbons (Fsp3) is 0.444. The van der Waals surface area contributed by atoms with Crippen molar-refractivity contribution in [2.45, 2.75) is 24.7 Å². The van der Waals surface area contributed by atoms with Crippen LogP contribution in [-0.2, 0) is 0 Å². The van der Waals surface area contributed by atoms with E-state index in [2.05, 4.69) is 35.3 Å². The van der Waals surface area contributed by atoms with E-state index in [4.69, 9.17) is 23.2 Å². The van der Waals surface area contributed by atoms with Gasteiger partial charge in [0.1, 0.15) is 0 Å². The summed E-state index contributed by atoms with van der Waals surface area (Å²) in [6.07, 6.45) is 11.7. The number of nitrogens with zero attached hydrogens (tertiary/aromatic N) is 1. The summed E-state index contributed by atoms with van der Waals surface area (Å²) >= 11 is 13.1. The highest BCUT2D eigenvalue weighted by molar-refractivity contribution is 6.43. The van der Waals surface area contributed by atoms with Crippen LogP contribution in [0.15, 0.2) is 30.4 Å². The Morgan fingerprint density at radius 2 is 1.62 bits per heavy atom. The average molecular weight is 318 g/mol. The van der Waals surface area contributed by atoms with E-state index in [0.29, 0.717) is 23.7 Å². The van der Waals surface area contributed by atoms with E-state index >= 15 is 0 Å². The third kappa shape index (κ3) is 1.59. The molecule has 0 unspecified atom stereocenters. The molecule has 1 aromatic rings. The lowest BCUT2D eigenvalue weighted by molar-refractivity contribution is 0.410. The number of hydrogen-bond acceptors (Lipinski definition) is 1. The molecule has 21 heavy (non-hydrogen) atoms. The van der Waals surface area contributed by atoms with Crippen LogP contribution < -0.4 is 4.90 Å². The predicted molar refractivity (Wildman–Crippen MR) is 88.7 cm³/mol. The first-order valence-corrected chi connectivity index (χ1v) is 8.59. The quantitative estimate of drug-likeness (QED) is 0.598. The number of benzene rings is 1. The number of fused-ring (bicyclic) bond motifs is 4. The fourth-order valence-corrected chi connectivity index (χ4v) is 5.35. The zero-order valence-corrected chi connectivity index (χ0v) is 13.2. The van der Waals surface area contributed by atoms with Gasteiger partial charge in [0.05, 0.1) is 10.0 Å². The number of allylic oxidation sites excluding steroid dienone is 4. The Labute approximate surface area is 135 Å². The number of anilines is 1. The van der Waals surface area contributed by atoms with Gasteiger partial charge in [-0.3, -0.25) is 0 Å². The molecule has 0 N–H and O–H groups in total. The molecule has 0 bridgehead atoms. The lowest BCUT2D eigenvalue weighted by Crippen LogP contribution is -2.43. The van der Waals surface area contributed by atoms with Crippen molar-refractivity contribution in [3.63, 3.8) is 0 Å². The summed E-state index contributed by atoms with van der Waals surface area (Å²) in [4.78, 5) is 2.59. The van der Waals surface area contributed by atoms with Crippen molar-refractivity contribution in [3.8, 4) is 0 Å². The second-order valence-corrected chi connectivity index (χ2v) is 7.61. The van der Waals surface area contributed by atoms with Crippen LogP contribution in [0.5, 0.6) is 0 Å². The molecule has 2 heterocycles. The Morgan fingerprint density at radius 3 is 2.38 bits per heavy atom. The van der Waals surface area contributed by atoms with Crippen molar-refractivity contribution in [2.75, 3.05) is 18.0 Å². The molecule has 108 valence electrons. The van der Waals surface area contributed by atoms with E-state index in [1.165, 1.54) is 42.7 Å². The van der Waals surface area contributed by atoms with Crippen molar-refractivity contribution in [3.05, 3.63) is 51.5 Å². The Balaban J connectivity index is 1.80. The van der Waals surface area contributed by atoms with E-state index < -0.39 is 0 Å². The van der Waals surface area contributed by atoms with Crippen LogP contribution in [0.4, 0.5) is 5.69 Å². The molecule has 0 radical (unpaired) electrons. The molecule has 0 saturated heterocycles. The molecule has 1 nitrogen and oxygen atoms in total. The topological polar surface area (TPSA) is 3.24 Å². The second kappa shape index (κ2) is 4.30. The molecular formula is C18H17Cl2N. The number of hydrogen-bond donors (Lipinski definition) is 0. The fourth-order valence-electron chi connectivity index (χ4n) is 4.86. The first kappa shape index (κ1) is 12.6. The smallest absolute Gasteiger partial charge is 0.0651 e. The minimum atomic E-state index is 0.461. The lowest BCUT2D eigenvalue weighted by atomic mass is 9.75. The first-order valence-electron chi connectivity index (χ1n) is 7.84. The van der Waals surface area contributed by atoms with Crippen LogP contribution in [0.1, 0.15) is 35.8 Å². The van der Waals surface area contributed by atoms with Crippen LogP contribution in [-0.4, -0.2) is 13.1 Å². The minimum absolute atomic E-state index is 0.461. The Hall–Kier alpha value is -0.920. The molecule has 4 aliphatic rings. The van der Waals surface area contributed by atoms with Crippen molar-refractivity contribution in [1.82, 2.24) is 0 Å². The van der Waals surface area contributed by atoms with Gasteiger partial charge >= 0.3 is 0 Å². The molecule has 2 aliphatic carbocycles. The monoisotopic (exact) mass is 317 g/mol. The predicted octanol–water partition coefficient (Wildman–Crippen LogP) is 5.15. The van der Waals surface area contributed by atoms with Crippen molar-refractivity contribution < 1.29 is 0 Å². The van der Waals surface area contributed by atoms with Crippen molar-refractivity contribution in [1.29, 1.82) is 0 Å². The van der Waals surface area contributed by atoms with Crippen LogP contribution >= 0.6 is 23.2 Å². The zero-order valence-electron chi connectivity index (χ0n) is 11.7. The second-order valence-electron chi connectivity index (χ2n) is 6.83. The molecular weight excluding hydrogens is 301 g/mol. The maximum atomic E-state index is 6.63. The van der Waals surface area contributed by atoms with E-state index in [9.17, 15) is 0 Å². The SMILES string of the molecule is Clc1cc2c3c(c1Cl)[C@@H]1C=CC[C@@H]1CN3C[C@H]1CC=C[C@H]21. The zero-order chi connectivity index (χ0) is 14.1. The Kier molecular flexibility index (Phi) is 2.58. The van der Waals surface area contributed by atoms with E-state index in [1.807, 2.05) is 0 Å². The van der Waals surface area contributed by atoms with Gasteiger partial charge in [0, 0.05) is 36.2 Å². The maximum absolute atomic E-state index is 6.63. The molecule has 1 aromatic carbocycles. The van der Waals surface area contributed by atoms with Crippen LogP contribution in [0.25, 0.3) is 0 Å². The third-order valence-electron chi connectivity index (χ3n) is 5.76. The number of halogens is 2. The highest BCUT2D eigenvalue weighted by Crippen LogP contribution is 2.56. The summed E-state index contributed by atoms with van der Waals surface area (Å²) in [5.41, 5.74) is 4.09. The molecule has 0 spiro atoms. The number of rotatable bonds is 0.